The van der Waals surface area contributed by atoms with Crippen LogP contribution >= 0.6 is 0 Å². The van der Waals surface area contributed by atoms with Crippen LogP contribution in [0.2, 0.25) is 0 Å². The lowest BCUT2D eigenvalue weighted by Crippen LogP contribution is -1.95. The molecule has 2 N–H and O–H groups in total. The van der Waals surface area contributed by atoms with E-state index in [-0.39, 0.29) is 0 Å². The van der Waals surface area contributed by atoms with Gasteiger partial charge in [-0.25, -0.2) is 0 Å². The van der Waals surface area contributed by atoms with Crippen LogP contribution in [-0.2, 0) is 0 Å². The highest BCUT2D eigenvalue weighted by atomic mass is 16.5. The maximum Gasteiger partial charge on any atom is 0.127 e. The molecule has 0 fully saturated rings. The van der Waals surface area contributed by atoms with Gasteiger partial charge >= 0.3 is 0 Å². The summed E-state index contributed by atoms with van der Waals surface area (Å²) in [4.78, 5) is 0. The number of benzene rings is 2. The second-order valence-electron chi connectivity index (χ2n) is 3.72. The van der Waals surface area contributed by atoms with Crippen LogP contribution in [-0.4, -0.2) is 6.61 Å². The molecule has 0 saturated heterocycles. The van der Waals surface area contributed by atoms with Gasteiger partial charge in [0, 0.05) is 11.3 Å². The van der Waals surface area contributed by atoms with Crippen LogP contribution in [0.15, 0.2) is 61.2 Å². The van der Waals surface area contributed by atoms with Crippen molar-refractivity contribution in [1.29, 1.82) is 0 Å². The molecule has 0 spiro atoms. The molecule has 2 aromatic rings. The van der Waals surface area contributed by atoms with E-state index < -0.39 is 0 Å². The van der Waals surface area contributed by atoms with E-state index in [9.17, 15) is 0 Å². The fraction of sp³-hybridized carbons (Fsp3) is 0.0667. The molecule has 2 aromatic carbocycles. The van der Waals surface area contributed by atoms with Gasteiger partial charge in [-0.15, -0.1) is 0 Å². The van der Waals surface area contributed by atoms with E-state index >= 15 is 0 Å². The molecular weight excluding hydrogens is 210 g/mol. The second kappa shape index (κ2) is 5.21. The molecule has 2 nitrogen and oxygen atoms in total. The minimum Gasteiger partial charge on any atom is -0.489 e. The highest BCUT2D eigenvalue weighted by Crippen LogP contribution is 2.30. The molecule has 0 radical (unpaired) electrons. The molecule has 17 heavy (non-hydrogen) atoms. The Balaban J connectivity index is 2.40. The summed E-state index contributed by atoms with van der Waals surface area (Å²) < 4.78 is 5.62. The van der Waals surface area contributed by atoms with Crippen molar-refractivity contribution in [2.45, 2.75) is 0 Å². The summed E-state index contributed by atoms with van der Waals surface area (Å²) in [6.45, 7) is 4.15. The van der Waals surface area contributed by atoms with E-state index in [0.29, 0.717) is 6.61 Å². The number of nitrogens with two attached hydrogens (primary N) is 1. The van der Waals surface area contributed by atoms with Gasteiger partial charge in [-0.2, -0.15) is 0 Å². The Morgan fingerprint density at radius 2 is 1.94 bits per heavy atom. The number of rotatable bonds is 4. The fourth-order valence-corrected chi connectivity index (χ4v) is 1.69. The lowest BCUT2D eigenvalue weighted by Gasteiger charge is -2.10. The van der Waals surface area contributed by atoms with Crippen molar-refractivity contribution in [3.05, 3.63) is 61.2 Å². The third-order valence-corrected chi connectivity index (χ3v) is 2.44. The zero-order valence-corrected chi connectivity index (χ0v) is 9.60. The van der Waals surface area contributed by atoms with Gasteiger partial charge in [0.2, 0.25) is 0 Å². The van der Waals surface area contributed by atoms with E-state index in [2.05, 4.69) is 6.58 Å². The van der Waals surface area contributed by atoms with E-state index in [1.54, 1.807) is 6.08 Å². The first kappa shape index (κ1) is 11.3. The van der Waals surface area contributed by atoms with E-state index in [1.807, 2.05) is 48.5 Å². The second-order valence-corrected chi connectivity index (χ2v) is 3.72. The van der Waals surface area contributed by atoms with Gasteiger partial charge in [0.15, 0.2) is 0 Å². The molecular formula is C15H15NO. The molecule has 0 aromatic heterocycles. The lowest BCUT2D eigenvalue weighted by molar-refractivity contribution is 0.365. The number of nitrogen functional groups attached to an aromatic ring is 1. The van der Waals surface area contributed by atoms with Gasteiger partial charge in [0.05, 0.1) is 0 Å². The van der Waals surface area contributed by atoms with E-state index in [1.165, 1.54) is 0 Å². The zero-order chi connectivity index (χ0) is 12.1. The molecule has 0 atom stereocenters. The van der Waals surface area contributed by atoms with Gasteiger partial charge in [-0.1, -0.05) is 43.0 Å². The van der Waals surface area contributed by atoms with Crippen molar-refractivity contribution in [3.63, 3.8) is 0 Å². The maximum atomic E-state index is 5.79. The summed E-state index contributed by atoms with van der Waals surface area (Å²) in [6.07, 6.45) is 1.73. The van der Waals surface area contributed by atoms with Crippen molar-refractivity contribution in [2.24, 2.45) is 0 Å². The molecule has 0 bridgehead atoms. The Kier molecular flexibility index (Phi) is 3.46. The Morgan fingerprint density at radius 1 is 1.12 bits per heavy atom. The smallest absolute Gasteiger partial charge is 0.127 e. The van der Waals surface area contributed by atoms with E-state index in [0.717, 1.165) is 22.6 Å². The van der Waals surface area contributed by atoms with Gasteiger partial charge < -0.3 is 10.5 Å². The molecule has 0 aliphatic rings. The summed E-state index contributed by atoms with van der Waals surface area (Å²) in [6, 6.07) is 15.7. The van der Waals surface area contributed by atoms with Gasteiger partial charge in [0.25, 0.3) is 0 Å². The first-order chi connectivity index (χ1) is 8.31. The normalized spacial score (nSPS) is 9.88. The minimum absolute atomic E-state index is 0.499. The predicted molar refractivity (Wildman–Crippen MR) is 72.0 cm³/mol. The highest BCUT2D eigenvalue weighted by Gasteiger charge is 2.05. The summed E-state index contributed by atoms with van der Waals surface area (Å²) in [5.74, 6) is 0.845. The zero-order valence-electron chi connectivity index (χ0n) is 9.60. The van der Waals surface area contributed by atoms with Crippen molar-refractivity contribution >= 4 is 5.69 Å². The third kappa shape index (κ3) is 2.67. The topological polar surface area (TPSA) is 35.2 Å². The quantitative estimate of drug-likeness (QED) is 0.638. The minimum atomic E-state index is 0.499. The predicted octanol–water partition coefficient (Wildman–Crippen LogP) is 3.50. The highest BCUT2D eigenvalue weighted by molar-refractivity contribution is 5.72. The number of hydrogen-bond donors (Lipinski definition) is 1. The van der Waals surface area contributed by atoms with Crippen LogP contribution in [0.3, 0.4) is 0 Å². The molecule has 0 aliphatic heterocycles. The SMILES string of the molecule is C=CCOc1ccccc1-c1cccc(N)c1. The average molecular weight is 225 g/mol. The Labute approximate surface area is 101 Å². The Morgan fingerprint density at radius 3 is 2.71 bits per heavy atom. The van der Waals surface area contributed by atoms with E-state index in [4.69, 9.17) is 10.5 Å². The van der Waals surface area contributed by atoms with Crippen LogP contribution < -0.4 is 10.5 Å². The molecule has 0 heterocycles. The monoisotopic (exact) mass is 225 g/mol. The van der Waals surface area contributed by atoms with Crippen LogP contribution in [0, 0.1) is 0 Å². The van der Waals surface area contributed by atoms with Crippen LogP contribution in [0.5, 0.6) is 5.75 Å². The standard InChI is InChI=1S/C15H15NO/c1-2-10-17-15-9-4-3-8-14(15)12-6-5-7-13(16)11-12/h2-9,11H,1,10,16H2. The summed E-state index contributed by atoms with van der Waals surface area (Å²) in [7, 11) is 0. The van der Waals surface area contributed by atoms with Crippen molar-refractivity contribution < 1.29 is 4.74 Å². The molecule has 2 rings (SSSR count). The number of ether oxygens (including phenoxy) is 1. The van der Waals surface area contributed by atoms with Gasteiger partial charge in [-0.3, -0.25) is 0 Å². The average Bonchev–Trinajstić information content (AvgIpc) is 2.37. The van der Waals surface area contributed by atoms with Crippen LogP contribution in [0.4, 0.5) is 5.69 Å². The maximum absolute atomic E-state index is 5.79. The first-order valence-corrected chi connectivity index (χ1v) is 5.50. The largest absolute Gasteiger partial charge is 0.489 e. The van der Waals surface area contributed by atoms with Crippen LogP contribution in [0.1, 0.15) is 0 Å². The molecule has 0 unspecified atom stereocenters. The first-order valence-electron chi connectivity index (χ1n) is 5.50. The summed E-state index contributed by atoms with van der Waals surface area (Å²) in [5, 5.41) is 0. The Hall–Kier alpha value is -2.22. The number of para-hydroxylation sites is 1. The molecule has 2 heteroatoms. The van der Waals surface area contributed by atoms with Crippen molar-refractivity contribution in [3.8, 4) is 16.9 Å². The van der Waals surface area contributed by atoms with Gasteiger partial charge in [0.1, 0.15) is 12.4 Å². The molecule has 0 aliphatic carbocycles. The van der Waals surface area contributed by atoms with Crippen LogP contribution in [0.25, 0.3) is 11.1 Å². The summed E-state index contributed by atoms with van der Waals surface area (Å²) in [5.41, 5.74) is 8.64. The third-order valence-electron chi connectivity index (χ3n) is 2.44. The Bertz CT molecular complexity index is 520. The van der Waals surface area contributed by atoms with Gasteiger partial charge in [-0.05, 0) is 23.8 Å². The molecule has 86 valence electrons. The van der Waals surface area contributed by atoms with Crippen molar-refractivity contribution in [1.82, 2.24) is 0 Å². The summed E-state index contributed by atoms with van der Waals surface area (Å²) >= 11 is 0. The fourth-order valence-electron chi connectivity index (χ4n) is 1.69. The molecule has 0 amide bonds. The number of hydrogen-bond acceptors (Lipinski definition) is 2. The van der Waals surface area contributed by atoms with Crippen molar-refractivity contribution in [2.75, 3.05) is 12.3 Å². The molecule has 0 saturated carbocycles. The number of anilines is 1. The lowest BCUT2D eigenvalue weighted by atomic mass is 10.0.